The van der Waals surface area contributed by atoms with Gasteiger partial charge in [-0.05, 0) is 18.2 Å². The van der Waals surface area contributed by atoms with Gasteiger partial charge < -0.3 is 9.88 Å². The van der Waals surface area contributed by atoms with Crippen molar-refractivity contribution in [2.24, 2.45) is 21.1 Å². The van der Waals surface area contributed by atoms with Crippen molar-refractivity contribution in [1.29, 1.82) is 5.26 Å². The Morgan fingerprint density at radius 1 is 0.906 bits per heavy atom. The molecule has 158 valence electrons. The Hall–Kier alpha value is -4.38. The molecule has 2 aromatic heterocycles. The molecule has 0 radical (unpaired) electrons. The molecule has 0 amide bonds. The normalized spacial score (nSPS) is 14.4. The van der Waals surface area contributed by atoms with Gasteiger partial charge >= 0.3 is 5.69 Å². The highest BCUT2D eigenvalue weighted by molar-refractivity contribution is 6.09. The number of fused-ring (bicyclic) bond motifs is 4. The van der Waals surface area contributed by atoms with Gasteiger partial charge in [0.05, 0.1) is 23.1 Å². The number of para-hydroxylation sites is 1. The number of anilines is 2. The highest BCUT2D eigenvalue weighted by Gasteiger charge is 2.39. The second-order valence-corrected chi connectivity index (χ2v) is 7.92. The van der Waals surface area contributed by atoms with E-state index in [0.717, 1.165) is 15.5 Å². The maximum absolute atomic E-state index is 13.9. The van der Waals surface area contributed by atoms with E-state index in [0.29, 0.717) is 28.3 Å². The summed E-state index contributed by atoms with van der Waals surface area (Å²) >= 11 is 0. The fraction of sp³-hybridized carbons (Fsp3) is 0.167. The van der Waals surface area contributed by atoms with Crippen LogP contribution in [0.1, 0.15) is 33.0 Å². The highest BCUT2D eigenvalue weighted by Crippen LogP contribution is 2.45. The zero-order valence-electron chi connectivity index (χ0n) is 17.7. The van der Waals surface area contributed by atoms with Crippen molar-refractivity contribution in [1.82, 2.24) is 13.7 Å². The Labute approximate surface area is 182 Å². The molecule has 1 atom stereocenters. The molecule has 4 aromatic rings. The van der Waals surface area contributed by atoms with Gasteiger partial charge in [0.15, 0.2) is 5.78 Å². The van der Waals surface area contributed by atoms with Gasteiger partial charge in [0.1, 0.15) is 11.6 Å². The van der Waals surface area contributed by atoms with Crippen molar-refractivity contribution in [3.8, 4) is 6.07 Å². The molecule has 1 aliphatic heterocycles. The first-order valence-electron chi connectivity index (χ1n) is 10.0. The number of Topliss-reactive ketones (excluding diaryl/α,β-unsaturated/α-hetero) is 1. The minimum atomic E-state index is -0.911. The Morgan fingerprint density at radius 3 is 2.25 bits per heavy atom. The van der Waals surface area contributed by atoms with Gasteiger partial charge in [-0.25, -0.2) is 4.79 Å². The summed E-state index contributed by atoms with van der Waals surface area (Å²) in [7, 11) is 4.86. The number of hydrogen-bond donors (Lipinski definition) is 1. The van der Waals surface area contributed by atoms with Crippen LogP contribution in [0.25, 0.3) is 10.9 Å². The van der Waals surface area contributed by atoms with Gasteiger partial charge in [-0.2, -0.15) is 5.26 Å². The van der Waals surface area contributed by atoms with E-state index in [1.165, 1.54) is 11.6 Å². The molecule has 1 aliphatic rings. The van der Waals surface area contributed by atoms with Crippen molar-refractivity contribution < 1.29 is 4.79 Å². The van der Waals surface area contributed by atoms with Crippen molar-refractivity contribution in [3.63, 3.8) is 0 Å². The summed E-state index contributed by atoms with van der Waals surface area (Å²) in [6, 6.07) is 16.1. The van der Waals surface area contributed by atoms with Crippen LogP contribution in [0.5, 0.6) is 0 Å². The van der Waals surface area contributed by atoms with E-state index in [4.69, 9.17) is 5.26 Å². The molecule has 3 heterocycles. The Kier molecular flexibility index (Phi) is 4.17. The number of rotatable bonds is 2. The minimum Gasteiger partial charge on any atom is -0.330 e. The first-order valence-corrected chi connectivity index (χ1v) is 10.0. The summed E-state index contributed by atoms with van der Waals surface area (Å²) in [5.74, 6) is -0.214. The monoisotopic (exact) mass is 425 g/mol. The number of nitrogens with zero attached hydrogens (tertiary/aromatic N) is 4. The summed E-state index contributed by atoms with van der Waals surface area (Å²) < 4.78 is 4.31. The number of aryl methyl sites for hydroxylation is 1. The number of ketones is 1. The number of nitriles is 1. The minimum absolute atomic E-state index is 0.229. The van der Waals surface area contributed by atoms with Crippen LogP contribution in [-0.2, 0) is 21.1 Å². The lowest BCUT2D eigenvalue weighted by Gasteiger charge is -2.28. The molecule has 8 nitrogen and oxygen atoms in total. The van der Waals surface area contributed by atoms with Gasteiger partial charge in [-0.3, -0.25) is 18.7 Å². The van der Waals surface area contributed by atoms with E-state index in [1.54, 1.807) is 31.3 Å². The number of carbonyl (C=O) groups is 1. The SMILES string of the molecule is Cn1c2c(c(=O)n(C)c1=O)C(C(=O)c1ccc(C#N)cc1)c1c(n(C)c3ccccc13)N2. The van der Waals surface area contributed by atoms with E-state index in [9.17, 15) is 14.4 Å². The Bertz CT molecular complexity index is 1600. The lowest BCUT2D eigenvalue weighted by atomic mass is 9.82. The number of aromatic nitrogens is 3. The van der Waals surface area contributed by atoms with E-state index in [1.807, 2.05) is 41.9 Å². The molecule has 0 fully saturated rings. The lowest BCUT2D eigenvalue weighted by molar-refractivity contribution is 0.0973. The van der Waals surface area contributed by atoms with Crippen LogP contribution in [0.4, 0.5) is 11.6 Å². The summed E-state index contributed by atoms with van der Waals surface area (Å²) in [6.07, 6.45) is 0. The van der Waals surface area contributed by atoms with Gasteiger partial charge in [0.25, 0.3) is 5.56 Å². The first kappa shape index (κ1) is 19.6. The smallest absolute Gasteiger partial charge is 0.330 e. The van der Waals surface area contributed by atoms with Crippen molar-refractivity contribution >= 4 is 28.3 Å². The molecule has 2 aromatic carbocycles. The molecule has 0 aliphatic carbocycles. The van der Waals surface area contributed by atoms with Crippen molar-refractivity contribution in [2.45, 2.75) is 5.92 Å². The fourth-order valence-electron chi connectivity index (χ4n) is 4.54. The molecule has 1 N–H and O–H groups in total. The van der Waals surface area contributed by atoms with Crippen LogP contribution >= 0.6 is 0 Å². The highest BCUT2D eigenvalue weighted by atomic mass is 16.2. The molecule has 0 saturated carbocycles. The number of nitrogens with one attached hydrogen (secondary N) is 1. The van der Waals surface area contributed by atoms with Crippen molar-refractivity contribution in [3.05, 3.63) is 91.6 Å². The second-order valence-electron chi connectivity index (χ2n) is 7.92. The summed E-state index contributed by atoms with van der Waals surface area (Å²) in [5, 5.41) is 13.2. The fourth-order valence-corrected chi connectivity index (χ4v) is 4.54. The summed E-state index contributed by atoms with van der Waals surface area (Å²) in [4.78, 5) is 39.8. The first-order chi connectivity index (χ1) is 15.3. The van der Waals surface area contributed by atoms with Crippen LogP contribution in [0.15, 0.2) is 58.1 Å². The van der Waals surface area contributed by atoms with Crippen LogP contribution in [0.2, 0.25) is 0 Å². The van der Waals surface area contributed by atoms with Crippen LogP contribution in [0.3, 0.4) is 0 Å². The van der Waals surface area contributed by atoms with E-state index in [2.05, 4.69) is 5.32 Å². The average molecular weight is 425 g/mol. The molecular formula is C24H19N5O3. The maximum Gasteiger partial charge on any atom is 0.332 e. The second kappa shape index (κ2) is 6.82. The van der Waals surface area contributed by atoms with Crippen LogP contribution < -0.4 is 16.6 Å². The molecule has 0 bridgehead atoms. The van der Waals surface area contributed by atoms with Gasteiger partial charge in [0, 0.05) is 43.2 Å². The van der Waals surface area contributed by atoms with Crippen molar-refractivity contribution in [2.75, 3.05) is 5.32 Å². The molecule has 0 saturated heterocycles. The summed E-state index contributed by atoms with van der Waals surface area (Å²) in [6.45, 7) is 0. The van der Waals surface area contributed by atoms with Crippen LogP contribution in [-0.4, -0.2) is 19.5 Å². The number of carbonyl (C=O) groups excluding carboxylic acids is 1. The van der Waals surface area contributed by atoms with Crippen LogP contribution in [0, 0.1) is 11.3 Å². The lowest BCUT2D eigenvalue weighted by Crippen LogP contribution is -2.43. The Balaban J connectivity index is 1.88. The van der Waals surface area contributed by atoms with Gasteiger partial charge in [0.2, 0.25) is 0 Å². The van der Waals surface area contributed by atoms with Gasteiger partial charge in [-0.15, -0.1) is 0 Å². The van der Waals surface area contributed by atoms with E-state index < -0.39 is 17.2 Å². The van der Waals surface area contributed by atoms with Gasteiger partial charge in [-0.1, -0.05) is 30.3 Å². The standard InChI is InChI=1S/C24H19N5O3/c1-27-16-7-5-4-6-15(16)17-18(20(30)14-10-8-13(12-25)9-11-14)19-22(26-21(17)27)28(2)24(32)29(3)23(19)31/h4-11,18,26H,1-3H3. The third kappa shape index (κ3) is 2.51. The average Bonchev–Trinajstić information content (AvgIpc) is 3.11. The third-order valence-electron chi connectivity index (χ3n) is 6.22. The predicted molar refractivity (Wildman–Crippen MR) is 120 cm³/mol. The quantitative estimate of drug-likeness (QED) is 0.497. The molecule has 0 spiro atoms. The number of hydrogen-bond acceptors (Lipinski definition) is 5. The molecule has 1 unspecified atom stereocenters. The molecule has 8 heteroatoms. The summed E-state index contributed by atoms with van der Waals surface area (Å²) in [5.41, 5.74) is 1.66. The van der Waals surface area contributed by atoms with E-state index >= 15 is 0 Å². The largest absolute Gasteiger partial charge is 0.332 e. The zero-order chi connectivity index (χ0) is 22.7. The third-order valence-corrected chi connectivity index (χ3v) is 6.22. The maximum atomic E-state index is 13.9. The number of benzene rings is 2. The predicted octanol–water partition coefficient (Wildman–Crippen LogP) is 2.52. The molecular weight excluding hydrogens is 406 g/mol. The van der Waals surface area contributed by atoms with E-state index in [-0.39, 0.29) is 11.3 Å². The zero-order valence-corrected chi connectivity index (χ0v) is 17.7. The Morgan fingerprint density at radius 2 is 1.56 bits per heavy atom. The molecule has 32 heavy (non-hydrogen) atoms. The molecule has 5 rings (SSSR count). The topological polar surface area (TPSA) is 102 Å².